The molecule has 2 aromatic rings. The fourth-order valence-corrected chi connectivity index (χ4v) is 2.33. The SMILES string of the molecule is CC1(N)Cc2c([nH]c3ccccc23)CN1. The van der Waals surface area contributed by atoms with Gasteiger partial charge in [0, 0.05) is 29.6 Å². The molecule has 0 fully saturated rings. The highest BCUT2D eigenvalue weighted by Gasteiger charge is 2.27. The summed E-state index contributed by atoms with van der Waals surface area (Å²) in [7, 11) is 0. The maximum absolute atomic E-state index is 6.12. The molecule has 1 aliphatic rings. The van der Waals surface area contributed by atoms with Gasteiger partial charge in [-0.25, -0.2) is 0 Å². The van der Waals surface area contributed by atoms with Gasteiger partial charge in [0.25, 0.3) is 0 Å². The Morgan fingerprint density at radius 1 is 1.33 bits per heavy atom. The van der Waals surface area contributed by atoms with Crippen molar-refractivity contribution in [2.75, 3.05) is 0 Å². The lowest BCUT2D eigenvalue weighted by Gasteiger charge is -2.31. The van der Waals surface area contributed by atoms with Gasteiger partial charge >= 0.3 is 0 Å². The lowest BCUT2D eigenvalue weighted by Crippen LogP contribution is -2.54. The van der Waals surface area contributed by atoms with Crippen molar-refractivity contribution in [1.29, 1.82) is 0 Å². The molecular formula is C12H15N3. The number of rotatable bonds is 0. The van der Waals surface area contributed by atoms with Crippen LogP contribution in [0, 0.1) is 0 Å². The van der Waals surface area contributed by atoms with Crippen LogP contribution in [0.15, 0.2) is 24.3 Å². The topological polar surface area (TPSA) is 53.8 Å². The van der Waals surface area contributed by atoms with Crippen molar-refractivity contribution < 1.29 is 0 Å². The van der Waals surface area contributed by atoms with Gasteiger partial charge in [-0.15, -0.1) is 0 Å². The second kappa shape index (κ2) is 2.84. The molecule has 1 unspecified atom stereocenters. The van der Waals surface area contributed by atoms with E-state index in [2.05, 4.69) is 34.6 Å². The molecule has 0 spiro atoms. The summed E-state index contributed by atoms with van der Waals surface area (Å²) < 4.78 is 0. The second-order valence-corrected chi connectivity index (χ2v) is 4.58. The molecule has 15 heavy (non-hydrogen) atoms. The maximum Gasteiger partial charge on any atom is 0.0678 e. The minimum Gasteiger partial charge on any atom is -0.357 e. The summed E-state index contributed by atoms with van der Waals surface area (Å²) >= 11 is 0. The molecule has 1 aromatic heterocycles. The van der Waals surface area contributed by atoms with Gasteiger partial charge in [-0.1, -0.05) is 18.2 Å². The van der Waals surface area contributed by atoms with Crippen molar-refractivity contribution in [3.05, 3.63) is 35.5 Å². The van der Waals surface area contributed by atoms with Crippen molar-refractivity contribution in [1.82, 2.24) is 10.3 Å². The predicted octanol–water partition coefficient (Wildman–Crippen LogP) is 1.49. The Kier molecular flexibility index (Phi) is 1.69. The van der Waals surface area contributed by atoms with Crippen molar-refractivity contribution in [3.63, 3.8) is 0 Å². The molecule has 3 heteroatoms. The summed E-state index contributed by atoms with van der Waals surface area (Å²) in [6.07, 6.45) is 0.881. The van der Waals surface area contributed by atoms with Crippen molar-refractivity contribution in [2.24, 2.45) is 5.73 Å². The van der Waals surface area contributed by atoms with E-state index in [4.69, 9.17) is 5.73 Å². The number of para-hydroxylation sites is 1. The van der Waals surface area contributed by atoms with E-state index >= 15 is 0 Å². The quantitative estimate of drug-likeness (QED) is 0.605. The molecular weight excluding hydrogens is 186 g/mol. The van der Waals surface area contributed by atoms with Gasteiger partial charge in [0.05, 0.1) is 5.66 Å². The fraction of sp³-hybridized carbons (Fsp3) is 0.333. The fourth-order valence-electron chi connectivity index (χ4n) is 2.33. The van der Waals surface area contributed by atoms with Gasteiger partial charge < -0.3 is 10.7 Å². The van der Waals surface area contributed by atoms with E-state index in [1.54, 1.807) is 0 Å². The van der Waals surface area contributed by atoms with Gasteiger partial charge in [-0.2, -0.15) is 0 Å². The molecule has 0 saturated heterocycles. The second-order valence-electron chi connectivity index (χ2n) is 4.58. The van der Waals surface area contributed by atoms with Crippen molar-refractivity contribution in [2.45, 2.75) is 25.6 Å². The van der Waals surface area contributed by atoms with Gasteiger partial charge in [-0.3, -0.25) is 5.32 Å². The van der Waals surface area contributed by atoms with Crippen LogP contribution in [0.5, 0.6) is 0 Å². The first-order chi connectivity index (χ1) is 7.16. The average Bonchev–Trinajstić information content (AvgIpc) is 2.55. The molecule has 1 aliphatic heterocycles. The Hall–Kier alpha value is -1.32. The Balaban J connectivity index is 2.22. The molecule has 2 heterocycles. The first-order valence-electron chi connectivity index (χ1n) is 5.28. The summed E-state index contributed by atoms with van der Waals surface area (Å²) in [4.78, 5) is 3.44. The highest BCUT2D eigenvalue weighted by atomic mass is 15.1. The van der Waals surface area contributed by atoms with Crippen LogP contribution in [0.3, 0.4) is 0 Å². The molecule has 1 aromatic carbocycles. The van der Waals surface area contributed by atoms with E-state index in [0.29, 0.717) is 0 Å². The standard InChI is InChI=1S/C12H15N3/c1-12(13)6-9-8-4-2-3-5-10(8)15-11(9)7-14-12/h2-5,14-15H,6-7,13H2,1H3. The Morgan fingerprint density at radius 2 is 2.13 bits per heavy atom. The molecule has 4 N–H and O–H groups in total. The number of nitrogens with two attached hydrogens (primary N) is 1. The summed E-state index contributed by atoms with van der Waals surface area (Å²) in [5.41, 5.74) is 9.69. The lowest BCUT2D eigenvalue weighted by atomic mass is 9.95. The monoisotopic (exact) mass is 201 g/mol. The van der Waals surface area contributed by atoms with Gasteiger partial charge in [0.1, 0.15) is 0 Å². The van der Waals surface area contributed by atoms with Crippen LogP contribution in [0.25, 0.3) is 10.9 Å². The highest BCUT2D eigenvalue weighted by molar-refractivity contribution is 5.85. The molecule has 0 aliphatic carbocycles. The summed E-state index contributed by atoms with van der Waals surface area (Å²) in [5.74, 6) is 0. The summed E-state index contributed by atoms with van der Waals surface area (Å²) in [6, 6.07) is 8.40. The largest absolute Gasteiger partial charge is 0.357 e. The zero-order valence-electron chi connectivity index (χ0n) is 8.80. The minimum atomic E-state index is -0.280. The highest BCUT2D eigenvalue weighted by Crippen LogP contribution is 2.27. The molecule has 3 nitrogen and oxygen atoms in total. The van der Waals surface area contributed by atoms with E-state index in [0.717, 1.165) is 13.0 Å². The Labute approximate surface area is 88.7 Å². The van der Waals surface area contributed by atoms with Crippen LogP contribution < -0.4 is 11.1 Å². The molecule has 1 atom stereocenters. The number of fused-ring (bicyclic) bond motifs is 3. The first kappa shape index (κ1) is 8.95. The zero-order chi connectivity index (χ0) is 10.5. The number of H-pyrrole nitrogens is 1. The predicted molar refractivity (Wildman–Crippen MR) is 61.4 cm³/mol. The van der Waals surface area contributed by atoms with E-state index in [1.807, 2.05) is 6.92 Å². The van der Waals surface area contributed by atoms with Crippen LogP contribution >= 0.6 is 0 Å². The normalized spacial score (nSPS) is 25.5. The van der Waals surface area contributed by atoms with Gasteiger partial charge in [0.15, 0.2) is 0 Å². The first-order valence-corrected chi connectivity index (χ1v) is 5.28. The molecule has 0 saturated carbocycles. The summed E-state index contributed by atoms with van der Waals surface area (Å²) in [6.45, 7) is 2.87. The Bertz CT molecular complexity index is 511. The number of hydrogen-bond donors (Lipinski definition) is 3. The summed E-state index contributed by atoms with van der Waals surface area (Å²) in [5, 5.41) is 4.63. The van der Waals surface area contributed by atoms with Crippen LogP contribution in [0.1, 0.15) is 18.2 Å². The van der Waals surface area contributed by atoms with Crippen LogP contribution in [0.4, 0.5) is 0 Å². The van der Waals surface area contributed by atoms with Gasteiger partial charge in [0.2, 0.25) is 0 Å². The van der Waals surface area contributed by atoms with E-state index in [-0.39, 0.29) is 5.66 Å². The minimum absolute atomic E-state index is 0.280. The smallest absolute Gasteiger partial charge is 0.0678 e. The van der Waals surface area contributed by atoms with E-state index in [1.165, 1.54) is 22.2 Å². The molecule has 3 rings (SSSR count). The number of benzene rings is 1. The lowest BCUT2D eigenvalue weighted by molar-refractivity contribution is 0.341. The van der Waals surface area contributed by atoms with Crippen molar-refractivity contribution in [3.8, 4) is 0 Å². The third kappa shape index (κ3) is 1.35. The third-order valence-corrected chi connectivity index (χ3v) is 3.12. The Morgan fingerprint density at radius 3 is 3.00 bits per heavy atom. The van der Waals surface area contributed by atoms with Crippen LogP contribution in [-0.4, -0.2) is 10.6 Å². The molecule has 0 radical (unpaired) electrons. The van der Waals surface area contributed by atoms with E-state index < -0.39 is 0 Å². The third-order valence-electron chi connectivity index (χ3n) is 3.12. The van der Waals surface area contributed by atoms with Crippen LogP contribution in [-0.2, 0) is 13.0 Å². The average molecular weight is 201 g/mol. The van der Waals surface area contributed by atoms with Crippen LogP contribution in [0.2, 0.25) is 0 Å². The zero-order valence-corrected chi connectivity index (χ0v) is 8.80. The molecule has 0 bridgehead atoms. The number of nitrogens with one attached hydrogen (secondary N) is 2. The number of aromatic amines is 1. The number of hydrogen-bond acceptors (Lipinski definition) is 2. The van der Waals surface area contributed by atoms with Gasteiger partial charge in [-0.05, 0) is 18.6 Å². The van der Waals surface area contributed by atoms with Crippen molar-refractivity contribution >= 4 is 10.9 Å². The molecule has 78 valence electrons. The number of aromatic nitrogens is 1. The molecule has 0 amide bonds. The maximum atomic E-state index is 6.12. The van der Waals surface area contributed by atoms with E-state index in [9.17, 15) is 0 Å².